The summed E-state index contributed by atoms with van der Waals surface area (Å²) in [6, 6.07) is 17.9. The van der Waals surface area contributed by atoms with Gasteiger partial charge in [0.25, 0.3) is 5.91 Å². The molecule has 242 valence electrons. The van der Waals surface area contributed by atoms with Crippen LogP contribution in [0.5, 0.6) is 11.5 Å². The summed E-state index contributed by atoms with van der Waals surface area (Å²) in [4.78, 5) is 30.1. The number of benzene rings is 3. The van der Waals surface area contributed by atoms with E-state index >= 15 is 0 Å². The molecule has 4 aromatic rings. The molecule has 1 fully saturated rings. The number of aliphatic carboxylic acids is 1. The maximum Gasteiger partial charge on any atom is 0.321 e. The molecule has 2 heterocycles. The average molecular weight is 655 g/mol. The van der Waals surface area contributed by atoms with E-state index in [4.69, 9.17) is 21.1 Å². The van der Waals surface area contributed by atoms with Crippen molar-refractivity contribution in [2.45, 2.75) is 52.2 Å². The summed E-state index contributed by atoms with van der Waals surface area (Å²) in [5.41, 5.74) is 7.02. The molecule has 10 nitrogen and oxygen atoms in total. The van der Waals surface area contributed by atoms with Crippen molar-refractivity contribution in [2.75, 3.05) is 13.6 Å². The molecule has 0 unspecified atom stereocenters. The number of halogens is 1. The van der Waals surface area contributed by atoms with Crippen LogP contribution in [0.3, 0.4) is 0 Å². The molecule has 0 aliphatic carbocycles. The van der Waals surface area contributed by atoms with Gasteiger partial charge in [0.2, 0.25) is 0 Å². The number of β-amino-alcohol motifs (C(OH)–C–C–N with tert-alkyl or cyclic N) is 1. The predicted octanol–water partition coefficient (Wildman–Crippen LogP) is 5.43. The summed E-state index contributed by atoms with van der Waals surface area (Å²) < 4.78 is 12.5. The van der Waals surface area contributed by atoms with Crippen LogP contribution in [0.2, 0.25) is 5.02 Å². The number of likely N-dealkylation sites (tertiary alicyclic amines) is 1. The van der Waals surface area contributed by atoms with Crippen molar-refractivity contribution >= 4 is 23.5 Å². The van der Waals surface area contributed by atoms with Crippen LogP contribution in [0.25, 0.3) is 11.1 Å². The second-order valence-corrected chi connectivity index (χ2v) is 11.9. The van der Waals surface area contributed by atoms with Crippen LogP contribution in [0, 0.1) is 25.2 Å². The van der Waals surface area contributed by atoms with Gasteiger partial charge in [-0.05, 0) is 59.9 Å². The smallest absolute Gasteiger partial charge is 0.321 e. The summed E-state index contributed by atoms with van der Waals surface area (Å²) >= 11 is 6.74. The van der Waals surface area contributed by atoms with Crippen LogP contribution >= 0.6 is 11.6 Å². The van der Waals surface area contributed by atoms with Gasteiger partial charge >= 0.3 is 5.97 Å². The van der Waals surface area contributed by atoms with E-state index in [2.05, 4.69) is 16.4 Å². The van der Waals surface area contributed by atoms with E-state index in [9.17, 15) is 25.1 Å². The van der Waals surface area contributed by atoms with E-state index < -0.39 is 18.1 Å². The van der Waals surface area contributed by atoms with Gasteiger partial charge in [-0.2, -0.15) is 5.26 Å². The molecule has 3 N–H and O–H groups in total. The second-order valence-electron chi connectivity index (χ2n) is 11.5. The Bertz CT molecular complexity index is 1860. The Morgan fingerprint density at radius 3 is 2.47 bits per heavy atom. The molecule has 1 aliphatic heterocycles. The van der Waals surface area contributed by atoms with E-state index in [-0.39, 0.29) is 38.6 Å². The number of nitrogens with one attached hydrogen (secondary N) is 1. The second kappa shape index (κ2) is 14.6. The van der Waals surface area contributed by atoms with Gasteiger partial charge in [0.05, 0.1) is 16.7 Å². The summed E-state index contributed by atoms with van der Waals surface area (Å²) in [5, 5.41) is 32.2. The fourth-order valence-corrected chi connectivity index (χ4v) is 6.10. The predicted molar refractivity (Wildman–Crippen MR) is 176 cm³/mol. The third kappa shape index (κ3) is 7.55. The van der Waals surface area contributed by atoms with Crippen molar-refractivity contribution in [2.24, 2.45) is 0 Å². The largest absolute Gasteiger partial charge is 0.488 e. The fourth-order valence-electron chi connectivity index (χ4n) is 5.86. The van der Waals surface area contributed by atoms with Crippen LogP contribution in [-0.4, -0.2) is 57.7 Å². The molecule has 1 saturated heterocycles. The third-order valence-corrected chi connectivity index (χ3v) is 8.69. The number of carbonyl (C=O) groups is 2. The van der Waals surface area contributed by atoms with Gasteiger partial charge in [-0.1, -0.05) is 41.9 Å². The normalized spacial score (nSPS) is 16.0. The number of pyridine rings is 1. The zero-order chi connectivity index (χ0) is 33.7. The number of carbonyl (C=O) groups excluding carboxylic acids is 1. The highest BCUT2D eigenvalue weighted by Crippen LogP contribution is 2.37. The van der Waals surface area contributed by atoms with Gasteiger partial charge in [0, 0.05) is 61.7 Å². The highest BCUT2D eigenvalue weighted by atomic mass is 35.5. The minimum Gasteiger partial charge on any atom is -0.488 e. The van der Waals surface area contributed by atoms with E-state index in [1.165, 1.54) is 6.20 Å². The zero-order valence-corrected chi connectivity index (χ0v) is 27.0. The first-order valence-corrected chi connectivity index (χ1v) is 15.4. The van der Waals surface area contributed by atoms with Crippen molar-refractivity contribution < 1.29 is 29.3 Å². The number of nitriles is 1. The monoisotopic (exact) mass is 654 g/mol. The fraction of sp³-hybridized carbons (Fsp3) is 0.278. The Hall–Kier alpha value is -4.95. The molecule has 0 saturated carbocycles. The number of nitrogens with zero attached hydrogens (tertiary/aromatic N) is 3. The van der Waals surface area contributed by atoms with Gasteiger partial charge < -0.3 is 25.0 Å². The van der Waals surface area contributed by atoms with Crippen LogP contribution in [0.4, 0.5) is 0 Å². The Balaban J connectivity index is 1.43. The summed E-state index contributed by atoms with van der Waals surface area (Å²) in [7, 11) is 1.61. The molecule has 0 bridgehead atoms. The molecule has 1 amide bonds. The maximum absolute atomic E-state index is 12.4. The molecule has 2 atom stereocenters. The zero-order valence-electron chi connectivity index (χ0n) is 26.3. The first-order valence-electron chi connectivity index (χ1n) is 15.1. The lowest BCUT2D eigenvalue weighted by Gasteiger charge is -2.23. The summed E-state index contributed by atoms with van der Waals surface area (Å²) in [6.07, 6.45) is 2.44. The number of hydrogen-bond donors (Lipinski definition) is 3. The van der Waals surface area contributed by atoms with E-state index in [0.717, 1.165) is 27.8 Å². The minimum absolute atomic E-state index is 0.0944. The van der Waals surface area contributed by atoms with E-state index in [1.807, 2.05) is 44.2 Å². The molecule has 1 aromatic heterocycles. The molecular formula is C36H35ClN4O6. The lowest BCUT2D eigenvalue weighted by Crippen LogP contribution is -2.35. The Labute approximate surface area is 278 Å². The Morgan fingerprint density at radius 2 is 1.74 bits per heavy atom. The van der Waals surface area contributed by atoms with Gasteiger partial charge in [0.1, 0.15) is 36.8 Å². The maximum atomic E-state index is 12.4. The number of aliphatic hydroxyl groups is 1. The Morgan fingerprint density at radius 1 is 1.02 bits per heavy atom. The third-order valence-electron chi connectivity index (χ3n) is 8.40. The summed E-state index contributed by atoms with van der Waals surface area (Å²) in [6.45, 7) is 4.60. The molecular weight excluding hydrogens is 620 g/mol. The molecule has 1 aliphatic rings. The molecule has 5 rings (SSSR count). The minimum atomic E-state index is -1.01. The highest BCUT2D eigenvalue weighted by molar-refractivity contribution is 6.32. The lowest BCUT2D eigenvalue weighted by atomic mass is 9.91. The topological polar surface area (TPSA) is 145 Å². The van der Waals surface area contributed by atoms with Crippen molar-refractivity contribution in [3.63, 3.8) is 0 Å². The first-order chi connectivity index (χ1) is 22.6. The Kier molecular flexibility index (Phi) is 10.4. The van der Waals surface area contributed by atoms with Gasteiger partial charge in [-0.3, -0.25) is 19.5 Å². The highest BCUT2D eigenvalue weighted by Gasteiger charge is 2.36. The van der Waals surface area contributed by atoms with Crippen LogP contribution in [0.1, 0.15) is 50.2 Å². The standard InChI is InChI=1S/C36H35ClN4O6/c1-21-25(6-4-7-28(21)29-8-5-9-30(22(29)2)35(43)39-3)20-47-34-13-33(46-19-24-10-23(14-38)15-40-16-24)26(11-31(34)37)17-41-18-27(42)12-32(41)36(44)45/h4-11,13,15-16,27,32,42H,12,17-20H2,1-3H3,(H,39,43)(H,44,45)/t27-,32-/m0/s1. The van der Waals surface area contributed by atoms with E-state index in [1.54, 1.807) is 42.4 Å². The molecule has 47 heavy (non-hydrogen) atoms. The first kappa shape index (κ1) is 33.4. The van der Waals surface area contributed by atoms with Crippen LogP contribution < -0.4 is 14.8 Å². The lowest BCUT2D eigenvalue weighted by molar-refractivity contribution is -0.142. The average Bonchev–Trinajstić information content (AvgIpc) is 3.44. The molecule has 11 heteroatoms. The van der Waals surface area contributed by atoms with E-state index in [0.29, 0.717) is 38.8 Å². The SMILES string of the molecule is CNC(=O)c1cccc(-c2cccc(COc3cc(OCc4cncc(C#N)c4)c(CN4C[C@@H](O)C[C@H]4C(=O)O)cc3Cl)c2C)c1C. The van der Waals surface area contributed by atoms with Crippen LogP contribution in [0.15, 0.2) is 67.0 Å². The number of carboxylic acids is 1. The van der Waals surface area contributed by atoms with Crippen molar-refractivity contribution in [1.82, 2.24) is 15.2 Å². The van der Waals surface area contributed by atoms with Crippen molar-refractivity contribution in [3.8, 4) is 28.7 Å². The summed E-state index contributed by atoms with van der Waals surface area (Å²) in [5.74, 6) is -0.369. The number of rotatable bonds is 11. The number of aromatic nitrogens is 1. The van der Waals surface area contributed by atoms with Gasteiger partial charge in [0.15, 0.2) is 0 Å². The van der Waals surface area contributed by atoms with Crippen LogP contribution in [-0.2, 0) is 24.6 Å². The number of aliphatic hydroxyl groups excluding tert-OH is 1. The number of amides is 1. The molecule has 0 spiro atoms. The molecule has 3 aromatic carbocycles. The number of carboxylic acid groups (broad SMARTS) is 1. The van der Waals surface area contributed by atoms with Gasteiger partial charge in [-0.15, -0.1) is 0 Å². The molecule has 0 radical (unpaired) electrons. The van der Waals surface area contributed by atoms with Gasteiger partial charge in [-0.25, -0.2) is 0 Å². The number of hydrogen-bond acceptors (Lipinski definition) is 8. The number of ether oxygens (including phenoxy) is 2. The van der Waals surface area contributed by atoms with Crippen molar-refractivity contribution in [1.29, 1.82) is 5.26 Å². The quantitative estimate of drug-likeness (QED) is 0.193. The van der Waals surface area contributed by atoms with Crippen molar-refractivity contribution in [3.05, 3.63) is 111 Å².